The normalized spacial score (nSPS) is 12.4. The summed E-state index contributed by atoms with van der Waals surface area (Å²) >= 11 is 1.55. The summed E-state index contributed by atoms with van der Waals surface area (Å²) in [5.74, 6) is -0.824. The number of anilines is 1. The van der Waals surface area contributed by atoms with Crippen LogP contribution in [0.15, 0.2) is 5.38 Å². The van der Waals surface area contributed by atoms with E-state index in [2.05, 4.69) is 30.7 Å². The molecule has 5 heteroatoms. The lowest BCUT2D eigenvalue weighted by Crippen LogP contribution is -2.33. The van der Waals surface area contributed by atoms with Crippen molar-refractivity contribution in [1.82, 2.24) is 4.98 Å². The molecule has 0 fully saturated rings. The highest BCUT2D eigenvalue weighted by molar-refractivity contribution is 7.13. The zero-order valence-electron chi connectivity index (χ0n) is 11.3. The molecule has 0 aliphatic carbocycles. The Kier molecular flexibility index (Phi) is 6.12. The van der Waals surface area contributed by atoms with Gasteiger partial charge in [0.15, 0.2) is 5.13 Å². The predicted octanol–water partition coefficient (Wildman–Crippen LogP) is 3.18. The fourth-order valence-electron chi connectivity index (χ4n) is 1.72. The highest BCUT2D eigenvalue weighted by Crippen LogP contribution is 2.24. The summed E-state index contributed by atoms with van der Waals surface area (Å²) in [6.07, 6.45) is 3.37. The number of hydrogen-bond donors (Lipinski definition) is 1. The summed E-state index contributed by atoms with van der Waals surface area (Å²) in [6.45, 7) is 7.52. The molecule has 1 N–H and O–H groups in total. The zero-order valence-corrected chi connectivity index (χ0v) is 12.2. The second-order valence-electron chi connectivity index (χ2n) is 4.50. The number of carboxylic acids is 1. The predicted molar refractivity (Wildman–Crippen MR) is 75.5 cm³/mol. The van der Waals surface area contributed by atoms with Crippen LogP contribution < -0.4 is 4.90 Å². The van der Waals surface area contributed by atoms with Crippen LogP contribution >= 0.6 is 11.3 Å². The van der Waals surface area contributed by atoms with E-state index in [1.54, 1.807) is 11.3 Å². The molecular weight excluding hydrogens is 248 g/mol. The fraction of sp³-hybridized carbons (Fsp3) is 0.692. The summed E-state index contributed by atoms with van der Waals surface area (Å²) < 4.78 is 0. The van der Waals surface area contributed by atoms with E-state index < -0.39 is 5.97 Å². The minimum Gasteiger partial charge on any atom is -0.481 e. The molecule has 1 unspecified atom stereocenters. The third-order valence-corrected chi connectivity index (χ3v) is 3.92. The van der Waals surface area contributed by atoms with Crippen molar-refractivity contribution in [2.45, 2.75) is 52.5 Å². The van der Waals surface area contributed by atoms with Gasteiger partial charge in [-0.25, -0.2) is 4.98 Å². The molecule has 1 rings (SSSR count). The first-order valence-corrected chi connectivity index (χ1v) is 7.39. The number of unbranched alkanes of at least 4 members (excludes halogenated alkanes) is 1. The number of hydrogen-bond acceptors (Lipinski definition) is 4. The molecule has 0 saturated carbocycles. The highest BCUT2D eigenvalue weighted by Gasteiger charge is 2.16. The first kappa shape index (κ1) is 15.0. The second kappa shape index (κ2) is 7.36. The average Bonchev–Trinajstić information content (AvgIpc) is 2.76. The van der Waals surface area contributed by atoms with Crippen LogP contribution in [0.4, 0.5) is 5.13 Å². The van der Waals surface area contributed by atoms with E-state index in [0.29, 0.717) is 11.7 Å². The molecule has 0 bridgehead atoms. The number of thiazole rings is 1. The van der Waals surface area contributed by atoms with Crippen molar-refractivity contribution in [3.63, 3.8) is 0 Å². The maximum atomic E-state index is 10.7. The largest absolute Gasteiger partial charge is 0.481 e. The van der Waals surface area contributed by atoms with Crippen LogP contribution in [0, 0.1) is 0 Å². The van der Waals surface area contributed by atoms with Gasteiger partial charge in [-0.2, -0.15) is 0 Å². The van der Waals surface area contributed by atoms with Gasteiger partial charge < -0.3 is 10.0 Å². The number of carboxylic acid groups (broad SMARTS) is 1. The molecule has 0 aliphatic heterocycles. The van der Waals surface area contributed by atoms with Crippen molar-refractivity contribution < 1.29 is 9.90 Å². The first-order valence-electron chi connectivity index (χ1n) is 6.51. The molecule has 0 spiro atoms. The Bertz CT molecular complexity index is 379. The van der Waals surface area contributed by atoms with Crippen LogP contribution in [0.2, 0.25) is 0 Å². The van der Waals surface area contributed by atoms with Crippen LogP contribution in [0.1, 0.15) is 45.7 Å². The second-order valence-corrected chi connectivity index (χ2v) is 5.33. The summed E-state index contributed by atoms with van der Waals surface area (Å²) in [6, 6.07) is 0.445. The lowest BCUT2D eigenvalue weighted by molar-refractivity contribution is -0.136. The smallest absolute Gasteiger partial charge is 0.309 e. The van der Waals surface area contributed by atoms with Crippen LogP contribution in [-0.2, 0) is 11.2 Å². The Balaban J connectivity index is 2.77. The lowest BCUT2D eigenvalue weighted by Gasteiger charge is -2.28. The molecule has 1 atom stereocenters. The number of carbonyl (C=O) groups is 1. The van der Waals surface area contributed by atoms with Gasteiger partial charge in [-0.05, 0) is 19.8 Å². The van der Waals surface area contributed by atoms with Crippen molar-refractivity contribution in [2.75, 3.05) is 11.4 Å². The molecule has 0 saturated heterocycles. The first-order chi connectivity index (χ1) is 8.58. The van der Waals surface area contributed by atoms with Gasteiger partial charge >= 0.3 is 5.97 Å². The van der Waals surface area contributed by atoms with Gasteiger partial charge in [0.25, 0.3) is 0 Å². The van der Waals surface area contributed by atoms with E-state index in [0.717, 1.165) is 30.9 Å². The van der Waals surface area contributed by atoms with Crippen molar-refractivity contribution in [1.29, 1.82) is 0 Å². The number of rotatable bonds is 8. The monoisotopic (exact) mass is 270 g/mol. The van der Waals surface area contributed by atoms with E-state index in [-0.39, 0.29) is 6.42 Å². The van der Waals surface area contributed by atoms with Crippen LogP contribution in [-0.4, -0.2) is 28.6 Å². The van der Waals surface area contributed by atoms with Gasteiger partial charge in [-0.3, -0.25) is 4.79 Å². The molecule has 1 heterocycles. The number of aliphatic carboxylic acids is 1. The number of aromatic nitrogens is 1. The Morgan fingerprint density at radius 2 is 2.28 bits per heavy atom. The molecule has 0 aromatic carbocycles. The van der Waals surface area contributed by atoms with Crippen molar-refractivity contribution in [3.8, 4) is 0 Å². The number of nitrogens with zero attached hydrogens (tertiary/aromatic N) is 2. The van der Waals surface area contributed by atoms with Crippen molar-refractivity contribution >= 4 is 22.4 Å². The summed E-state index contributed by atoms with van der Waals surface area (Å²) in [7, 11) is 0. The Hall–Kier alpha value is -1.10. The summed E-state index contributed by atoms with van der Waals surface area (Å²) in [4.78, 5) is 17.4. The van der Waals surface area contributed by atoms with Gasteiger partial charge in [0, 0.05) is 18.0 Å². The Morgan fingerprint density at radius 3 is 2.83 bits per heavy atom. The maximum Gasteiger partial charge on any atom is 0.309 e. The molecule has 0 aliphatic rings. The quantitative estimate of drug-likeness (QED) is 0.788. The highest BCUT2D eigenvalue weighted by atomic mass is 32.1. The van der Waals surface area contributed by atoms with Gasteiger partial charge in [-0.1, -0.05) is 20.3 Å². The van der Waals surface area contributed by atoms with E-state index in [4.69, 9.17) is 5.11 Å². The van der Waals surface area contributed by atoms with E-state index >= 15 is 0 Å². The summed E-state index contributed by atoms with van der Waals surface area (Å²) in [5, 5.41) is 11.6. The average molecular weight is 270 g/mol. The van der Waals surface area contributed by atoms with E-state index in [9.17, 15) is 4.79 Å². The molecule has 1 aromatic rings. The van der Waals surface area contributed by atoms with Crippen molar-refractivity contribution in [2.24, 2.45) is 0 Å². The summed E-state index contributed by atoms with van der Waals surface area (Å²) in [5.41, 5.74) is 0.660. The standard InChI is InChI=1S/C13H22N2O2S/c1-4-6-7-15(10(3)5-2)13-14-11(9-18-13)8-12(16)17/h9-10H,4-8H2,1-3H3,(H,16,17). The lowest BCUT2D eigenvalue weighted by atomic mass is 10.2. The Labute approximate surface area is 113 Å². The third-order valence-electron chi connectivity index (χ3n) is 2.99. The molecule has 1 aromatic heterocycles. The van der Waals surface area contributed by atoms with E-state index in [1.165, 1.54) is 0 Å². The van der Waals surface area contributed by atoms with Gasteiger partial charge in [0.2, 0.25) is 0 Å². The molecule has 4 nitrogen and oxygen atoms in total. The third kappa shape index (κ3) is 4.29. The van der Waals surface area contributed by atoms with Gasteiger partial charge in [0.05, 0.1) is 12.1 Å². The maximum absolute atomic E-state index is 10.7. The van der Waals surface area contributed by atoms with Crippen LogP contribution in [0.5, 0.6) is 0 Å². The zero-order chi connectivity index (χ0) is 13.5. The topological polar surface area (TPSA) is 53.4 Å². The Morgan fingerprint density at radius 1 is 1.56 bits per heavy atom. The van der Waals surface area contributed by atoms with Gasteiger partial charge in [0.1, 0.15) is 0 Å². The molecule has 0 radical (unpaired) electrons. The minimum atomic E-state index is -0.824. The molecule has 0 amide bonds. The van der Waals surface area contributed by atoms with Gasteiger partial charge in [-0.15, -0.1) is 11.3 Å². The fourth-order valence-corrected chi connectivity index (χ4v) is 2.67. The molecule has 18 heavy (non-hydrogen) atoms. The van der Waals surface area contributed by atoms with E-state index in [1.807, 2.05) is 5.38 Å². The minimum absolute atomic E-state index is 0.0125. The van der Waals surface area contributed by atoms with Crippen LogP contribution in [0.3, 0.4) is 0 Å². The molecule has 102 valence electrons. The SMILES string of the molecule is CCCCN(c1nc(CC(=O)O)cs1)C(C)CC. The molecular formula is C13H22N2O2S. The van der Waals surface area contributed by atoms with Crippen molar-refractivity contribution in [3.05, 3.63) is 11.1 Å². The van der Waals surface area contributed by atoms with Crippen LogP contribution in [0.25, 0.3) is 0 Å².